The van der Waals surface area contributed by atoms with Crippen LogP contribution in [-0.2, 0) is 11.3 Å². The van der Waals surface area contributed by atoms with E-state index in [2.05, 4.69) is 24.3 Å². The molecule has 110 valence electrons. The van der Waals surface area contributed by atoms with Crippen LogP contribution < -0.4 is 11.1 Å². The molecule has 0 aliphatic carbocycles. The van der Waals surface area contributed by atoms with E-state index in [1.54, 1.807) is 13.2 Å². The number of aromatic nitrogens is 1. The highest BCUT2D eigenvalue weighted by Gasteiger charge is 2.17. The van der Waals surface area contributed by atoms with Crippen LogP contribution in [0.15, 0.2) is 10.6 Å². The maximum absolute atomic E-state index is 11.9. The third-order valence-corrected chi connectivity index (χ3v) is 2.45. The second-order valence-electron chi connectivity index (χ2n) is 4.65. The van der Waals surface area contributed by atoms with Crippen LogP contribution in [0.5, 0.6) is 0 Å². The largest absolute Gasteiger partial charge is 0.377 e. The Balaban J connectivity index is 0.00000324. The van der Waals surface area contributed by atoms with Gasteiger partial charge in [-0.2, -0.15) is 0 Å². The van der Waals surface area contributed by atoms with Gasteiger partial charge in [-0.1, -0.05) is 19.0 Å². The summed E-state index contributed by atoms with van der Waals surface area (Å²) in [6.45, 7) is 4.88. The summed E-state index contributed by atoms with van der Waals surface area (Å²) in [5, 5.41) is 6.54. The van der Waals surface area contributed by atoms with Crippen molar-refractivity contribution in [3.63, 3.8) is 0 Å². The molecule has 1 rings (SSSR count). The van der Waals surface area contributed by atoms with Gasteiger partial charge in [0.2, 0.25) is 0 Å². The Bertz CT molecular complexity index is 382. The van der Waals surface area contributed by atoms with Gasteiger partial charge in [0.1, 0.15) is 6.61 Å². The first-order chi connectivity index (χ1) is 8.56. The predicted octanol–water partition coefficient (Wildman–Crippen LogP) is 1.35. The second-order valence-corrected chi connectivity index (χ2v) is 4.65. The zero-order valence-corrected chi connectivity index (χ0v) is 12.3. The number of ether oxygens (including phenoxy) is 1. The number of carbonyl (C=O) groups excluding carboxylic acids is 1. The van der Waals surface area contributed by atoms with Crippen molar-refractivity contribution in [3.8, 4) is 0 Å². The van der Waals surface area contributed by atoms with Gasteiger partial charge >= 0.3 is 0 Å². The molecule has 0 saturated heterocycles. The monoisotopic (exact) mass is 291 g/mol. The van der Waals surface area contributed by atoms with Gasteiger partial charge in [-0.25, -0.2) is 0 Å². The van der Waals surface area contributed by atoms with Crippen molar-refractivity contribution < 1.29 is 14.1 Å². The number of rotatable bonds is 7. The zero-order chi connectivity index (χ0) is 13.5. The number of hydrogen-bond acceptors (Lipinski definition) is 5. The first-order valence-corrected chi connectivity index (χ1v) is 6.02. The number of nitrogens with zero attached hydrogens (tertiary/aromatic N) is 1. The van der Waals surface area contributed by atoms with Crippen LogP contribution in [0.2, 0.25) is 0 Å². The van der Waals surface area contributed by atoms with E-state index in [4.69, 9.17) is 15.0 Å². The Morgan fingerprint density at radius 1 is 1.58 bits per heavy atom. The average Bonchev–Trinajstić information content (AvgIpc) is 2.76. The molecule has 0 bridgehead atoms. The molecule has 7 heteroatoms. The summed E-state index contributed by atoms with van der Waals surface area (Å²) in [7, 11) is 1.55. The standard InChI is InChI=1S/C12H21N3O3.ClH/c1-8(2)4-9(6-13)14-12(16)11-5-10(7-17-3)18-15-11;/h5,8-9H,4,6-7,13H2,1-3H3,(H,14,16);1H. The van der Waals surface area contributed by atoms with Gasteiger partial charge in [0.15, 0.2) is 11.5 Å². The molecule has 19 heavy (non-hydrogen) atoms. The molecular weight excluding hydrogens is 270 g/mol. The van der Waals surface area contributed by atoms with Crippen LogP contribution in [-0.4, -0.2) is 30.8 Å². The number of methoxy groups -OCH3 is 1. The smallest absolute Gasteiger partial charge is 0.273 e. The zero-order valence-electron chi connectivity index (χ0n) is 11.5. The summed E-state index contributed by atoms with van der Waals surface area (Å²) in [5.74, 6) is 0.730. The van der Waals surface area contributed by atoms with Gasteiger partial charge in [0.25, 0.3) is 5.91 Å². The summed E-state index contributed by atoms with van der Waals surface area (Å²) >= 11 is 0. The van der Waals surface area contributed by atoms with Crippen molar-refractivity contribution in [1.82, 2.24) is 10.5 Å². The van der Waals surface area contributed by atoms with Crippen molar-refractivity contribution in [2.24, 2.45) is 11.7 Å². The predicted molar refractivity (Wildman–Crippen MR) is 74.2 cm³/mol. The van der Waals surface area contributed by atoms with Crippen molar-refractivity contribution in [2.45, 2.75) is 32.9 Å². The first kappa shape index (κ1) is 17.9. The van der Waals surface area contributed by atoms with Gasteiger partial charge < -0.3 is 20.3 Å². The number of carbonyl (C=O) groups is 1. The number of nitrogens with two attached hydrogens (primary N) is 1. The Morgan fingerprint density at radius 3 is 2.79 bits per heavy atom. The molecule has 6 nitrogen and oxygen atoms in total. The minimum absolute atomic E-state index is 0. The summed E-state index contributed by atoms with van der Waals surface area (Å²) in [5.41, 5.74) is 5.88. The molecule has 1 heterocycles. The Labute approximate surface area is 119 Å². The van der Waals surface area contributed by atoms with Crippen LogP contribution >= 0.6 is 12.4 Å². The van der Waals surface area contributed by atoms with Crippen LogP contribution in [0.4, 0.5) is 0 Å². The molecule has 0 aliphatic heterocycles. The van der Waals surface area contributed by atoms with E-state index in [1.807, 2.05) is 0 Å². The van der Waals surface area contributed by atoms with Gasteiger partial charge in [-0.3, -0.25) is 4.79 Å². The highest BCUT2D eigenvalue weighted by Crippen LogP contribution is 2.07. The third kappa shape index (κ3) is 6.04. The fraction of sp³-hybridized carbons (Fsp3) is 0.667. The Morgan fingerprint density at radius 2 is 2.26 bits per heavy atom. The average molecular weight is 292 g/mol. The highest BCUT2D eigenvalue weighted by atomic mass is 35.5. The number of amides is 1. The lowest BCUT2D eigenvalue weighted by Gasteiger charge is -2.17. The highest BCUT2D eigenvalue weighted by molar-refractivity contribution is 5.92. The van der Waals surface area contributed by atoms with Crippen LogP contribution in [0.1, 0.15) is 36.5 Å². The van der Waals surface area contributed by atoms with Crippen molar-refractivity contribution in [2.75, 3.05) is 13.7 Å². The van der Waals surface area contributed by atoms with E-state index in [0.717, 1.165) is 6.42 Å². The fourth-order valence-corrected chi connectivity index (χ4v) is 1.67. The van der Waals surface area contributed by atoms with Crippen LogP contribution in [0.25, 0.3) is 0 Å². The molecule has 0 saturated carbocycles. The molecule has 1 unspecified atom stereocenters. The first-order valence-electron chi connectivity index (χ1n) is 6.02. The maximum atomic E-state index is 11.9. The SMILES string of the molecule is COCc1cc(C(=O)NC(CN)CC(C)C)no1.Cl. The van der Waals surface area contributed by atoms with E-state index in [1.165, 1.54) is 0 Å². The topological polar surface area (TPSA) is 90.4 Å². The summed E-state index contributed by atoms with van der Waals surface area (Å²) < 4.78 is 9.85. The normalized spacial score (nSPS) is 12.1. The molecule has 0 radical (unpaired) electrons. The number of halogens is 1. The molecule has 3 N–H and O–H groups in total. The molecule has 1 atom stereocenters. The lowest BCUT2D eigenvalue weighted by atomic mass is 10.0. The molecular formula is C12H22ClN3O3. The van der Waals surface area contributed by atoms with Crippen molar-refractivity contribution >= 4 is 18.3 Å². The van der Waals surface area contributed by atoms with Gasteiger partial charge in [-0.15, -0.1) is 12.4 Å². The summed E-state index contributed by atoms with van der Waals surface area (Å²) in [4.78, 5) is 11.9. The summed E-state index contributed by atoms with van der Waals surface area (Å²) in [6, 6.07) is 1.53. The number of hydrogen-bond donors (Lipinski definition) is 2. The molecule has 1 amide bonds. The molecule has 0 aromatic carbocycles. The van der Waals surface area contributed by atoms with E-state index in [-0.39, 0.29) is 30.0 Å². The Hall–Kier alpha value is -1.11. The minimum Gasteiger partial charge on any atom is -0.377 e. The Kier molecular flexibility index (Phi) is 8.38. The van der Waals surface area contributed by atoms with E-state index in [9.17, 15) is 4.79 Å². The van der Waals surface area contributed by atoms with Gasteiger partial charge in [0.05, 0.1) is 0 Å². The van der Waals surface area contributed by atoms with Gasteiger partial charge in [-0.05, 0) is 12.3 Å². The molecule has 0 fully saturated rings. The summed E-state index contributed by atoms with van der Waals surface area (Å²) in [6.07, 6.45) is 0.838. The third-order valence-electron chi connectivity index (χ3n) is 2.45. The molecule has 0 spiro atoms. The maximum Gasteiger partial charge on any atom is 0.273 e. The lowest BCUT2D eigenvalue weighted by Crippen LogP contribution is -2.41. The minimum atomic E-state index is -0.266. The van der Waals surface area contributed by atoms with E-state index in [0.29, 0.717) is 24.8 Å². The van der Waals surface area contributed by atoms with E-state index >= 15 is 0 Å². The van der Waals surface area contributed by atoms with E-state index < -0.39 is 0 Å². The molecule has 1 aromatic rings. The fourth-order valence-electron chi connectivity index (χ4n) is 1.67. The van der Waals surface area contributed by atoms with Crippen molar-refractivity contribution in [3.05, 3.63) is 17.5 Å². The van der Waals surface area contributed by atoms with Gasteiger partial charge in [0, 0.05) is 25.8 Å². The lowest BCUT2D eigenvalue weighted by molar-refractivity contribution is 0.0924. The van der Waals surface area contributed by atoms with Crippen molar-refractivity contribution in [1.29, 1.82) is 0 Å². The van der Waals surface area contributed by atoms with Crippen LogP contribution in [0, 0.1) is 5.92 Å². The van der Waals surface area contributed by atoms with Crippen LogP contribution in [0.3, 0.4) is 0 Å². The molecule has 1 aromatic heterocycles. The number of nitrogens with one attached hydrogen (secondary N) is 1. The quantitative estimate of drug-likeness (QED) is 0.791. The molecule has 0 aliphatic rings. The second kappa shape index (κ2) is 8.90.